The van der Waals surface area contributed by atoms with Crippen LogP contribution in [0.3, 0.4) is 0 Å². The van der Waals surface area contributed by atoms with Crippen LogP contribution in [-0.2, 0) is 30.8 Å². The van der Waals surface area contributed by atoms with E-state index in [-0.39, 0.29) is 39.2 Å². The number of methoxy groups -OCH3 is 2. The van der Waals surface area contributed by atoms with E-state index >= 15 is 0 Å². The van der Waals surface area contributed by atoms with Crippen molar-refractivity contribution in [1.29, 1.82) is 0 Å². The van der Waals surface area contributed by atoms with E-state index in [4.69, 9.17) is 37.4 Å². The van der Waals surface area contributed by atoms with Gasteiger partial charge in [0.05, 0.1) is 40.7 Å². The molecule has 1 aromatic carbocycles. The highest BCUT2D eigenvalue weighted by molar-refractivity contribution is 6.42. The number of aromatic nitrogens is 2. The van der Waals surface area contributed by atoms with Crippen molar-refractivity contribution in [2.75, 3.05) is 20.8 Å². The summed E-state index contributed by atoms with van der Waals surface area (Å²) in [7, 11) is 4.26. The highest BCUT2D eigenvalue weighted by Crippen LogP contribution is 2.46. The smallest absolute Gasteiger partial charge is 0.336 e. The molecule has 0 saturated heterocycles. The zero-order valence-corrected chi connectivity index (χ0v) is 22.3. The van der Waals surface area contributed by atoms with Crippen LogP contribution in [0.15, 0.2) is 45.3 Å². The van der Waals surface area contributed by atoms with E-state index in [0.29, 0.717) is 17.1 Å². The molecule has 11 heteroatoms. The SMILES string of the molecule is CCOC(=O)C1=C(C(OC)c2cc(=O)n(C)c(C)n2)N=C(C)C(C(=O)OC)C1c1cccc(Cl)c1Cl. The standard InChI is InChI=1S/C25H27Cl2N3O6/c1-7-36-25(33)20-19(14-9-8-10-15(26)21(14)27)18(24(32)35-6)12(2)28-22(20)23(34-5)16-11-17(31)30(4)13(3)29-16/h8-11,18-19,23H,7H2,1-6H3. The summed E-state index contributed by atoms with van der Waals surface area (Å²) in [6.07, 6.45) is -1.02. The Hall–Kier alpha value is -3.01. The van der Waals surface area contributed by atoms with E-state index in [1.807, 2.05) is 0 Å². The van der Waals surface area contributed by atoms with E-state index in [1.165, 1.54) is 24.9 Å². The summed E-state index contributed by atoms with van der Waals surface area (Å²) in [5, 5.41) is 0.417. The van der Waals surface area contributed by atoms with E-state index in [2.05, 4.69) is 9.98 Å². The van der Waals surface area contributed by atoms with Crippen LogP contribution < -0.4 is 5.56 Å². The molecule has 2 heterocycles. The Morgan fingerprint density at radius 1 is 1.19 bits per heavy atom. The molecule has 3 unspecified atom stereocenters. The largest absolute Gasteiger partial charge is 0.468 e. The van der Waals surface area contributed by atoms with Crippen LogP contribution in [0.1, 0.15) is 43.0 Å². The Labute approximate surface area is 218 Å². The lowest BCUT2D eigenvalue weighted by Crippen LogP contribution is -2.37. The van der Waals surface area contributed by atoms with Gasteiger partial charge >= 0.3 is 11.9 Å². The van der Waals surface area contributed by atoms with Gasteiger partial charge in [0.1, 0.15) is 17.8 Å². The third kappa shape index (κ3) is 5.09. The number of nitrogens with zero attached hydrogens (tertiary/aromatic N) is 3. The van der Waals surface area contributed by atoms with Crippen molar-refractivity contribution in [3.05, 3.63) is 73.0 Å². The van der Waals surface area contributed by atoms with Crippen LogP contribution in [0, 0.1) is 12.8 Å². The number of carbonyl (C=O) groups is 2. The molecular weight excluding hydrogens is 509 g/mol. The molecule has 0 amide bonds. The fraction of sp³-hybridized carbons (Fsp3) is 0.400. The maximum atomic E-state index is 13.5. The predicted octanol–water partition coefficient (Wildman–Crippen LogP) is 3.95. The van der Waals surface area contributed by atoms with Crippen LogP contribution in [0.25, 0.3) is 0 Å². The molecule has 0 saturated carbocycles. The number of ether oxygens (including phenoxy) is 3. The van der Waals surface area contributed by atoms with Crippen molar-refractivity contribution in [2.24, 2.45) is 18.0 Å². The summed E-state index contributed by atoms with van der Waals surface area (Å²) in [6.45, 7) is 5.05. The molecule has 3 rings (SSSR count). The third-order valence-electron chi connectivity index (χ3n) is 6.07. The second-order valence-corrected chi connectivity index (χ2v) is 8.92. The molecule has 9 nitrogen and oxygen atoms in total. The first-order valence-electron chi connectivity index (χ1n) is 11.1. The van der Waals surface area contributed by atoms with Crippen LogP contribution in [0.2, 0.25) is 10.0 Å². The first-order chi connectivity index (χ1) is 17.1. The van der Waals surface area contributed by atoms with E-state index in [0.717, 1.165) is 0 Å². The fourth-order valence-electron chi connectivity index (χ4n) is 4.24. The van der Waals surface area contributed by atoms with Gasteiger partial charge < -0.3 is 18.8 Å². The number of hydrogen-bond acceptors (Lipinski definition) is 8. The van der Waals surface area contributed by atoms with E-state index < -0.39 is 29.9 Å². The number of aliphatic imine (C=N–C) groups is 1. The number of aryl methyl sites for hydroxylation is 1. The Balaban J connectivity index is 2.41. The topological polar surface area (TPSA) is 109 Å². The molecule has 1 aliphatic heterocycles. The Morgan fingerprint density at radius 3 is 2.47 bits per heavy atom. The second kappa shape index (κ2) is 11.4. The molecule has 2 aromatic rings. The molecule has 1 aromatic heterocycles. The summed E-state index contributed by atoms with van der Waals surface area (Å²) >= 11 is 12.9. The maximum Gasteiger partial charge on any atom is 0.336 e. The minimum Gasteiger partial charge on any atom is -0.468 e. The van der Waals surface area contributed by atoms with Gasteiger partial charge in [-0.05, 0) is 32.4 Å². The lowest BCUT2D eigenvalue weighted by Gasteiger charge is -2.34. The second-order valence-electron chi connectivity index (χ2n) is 8.14. The van der Waals surface area contributed by atoms with Gasteiger partial charge in [0.2, 0.25) is 0 Å². The van der Waals surface area contributed by atoms with Crippen LogP contribution in [0.4, 0.5) is 0 Å². The highest BCUT2D eigenvalue weighted by Gasteiger charge is 2.45. The Morgan fingerprint density at radius 2 is 1.89 bits per heavy atom. The number of hydrogen-bond donors (Lipinski definition) is 0. The zero-order chi connectivity index (χ0) is 26.7. The molecule has 0 aliphatic carbocycles. The van der Waals surface area contributed by atoms with Crippen molar-refractivity contribution in [3.8, 4) is 0 Å². The Kier molecular flexibility index (Phi) is 8.71. The summed E-state index contributed by atoms with van der Waals surface area (Å²) in [5.74, 6) is -2.85. The average Bonchev–Trinajstić information content (AvgIpc) is 2.84. The van der Waals surface area contributed by atoms with E-state index in [1.54, 1.807) is 46.0 Å². The molecule has 0 bridgehead atoms. The molecule has 36 heavy (non-hydrogen) atoms. The fourth-order valence-corrected chi connectivity index (χ4v) is 4.67. The average molecular weight is 536 g/mol. The van der Waals surface area contributed by atoms with Crippen molar-refractivity contribution in [3.63, 3.8) is 0 Å². The molecular formula is C25H27Cl2N3O6. The summed E-state index contributed by atoms with van der Waals surface area (Å²) in [6, 6.07) is 6.26. The molecule has 0 N–H and O–H groups in total. The molecule has 3 atom stereocenters. The van der Waals surface area contributed by atoms with Gasteiger partial charge in [-0.25, -0.2) is 9.78 Å². The molecule has 0 radical (unpaired) electrons. The summed E-state index contributed by atoms with van der Waals surface area (Å²) in [5.41, 5.74) is 0.893. The normalized spacial score (nSPS) is 18.5. The molecule has 0 fully saturated rings. The first-order valence-corrected chi connectivity index (χ1v) is 11.9. The number of carbonyl (C=O) groups excluding carboxylic acids is 2. The van der Waals surface area contributed by atoms with Crippen molar-refractivity contribution in [2.45, 2.75) is 32.8 Å². The van der Waals surface area contributed by atoms with Crippen molar-refractivity contribution in [1.82, 2.24) is 9.55 Å². The third-order valence-corrected chi connectivity index (χ3v) is 6.90. The van der Waals surface area contributed by atoms with Crippen LogP contribution in [0.5, 0.6) is 0 Å². The van der Waals surface area contributed by atoms with Crippen molar-refractivity contribution < 1.29 is 23.8 Å². The lowest BCUT2D eigenvalue weighted by molar-refractivity contribution is -0.144. The highest BCUT2D eigenvalue weighted by atomic mass is 35.5. The van der Waals surface area contributed by atoms with Crippen LogP contribution in [-0.4, -0.2) is 48.0 Å². The van der Waals surface area contributed by atoms with Gasteiger partial charge in [-0.3, -0.25) is 14.6 Å². The number of rotatable bonds is 7. The predicted molar refractivity (Wildman–Crippen MR) is 135 cm³/mol. The number of esters is 2. The minimum absolute atomic E-state index is 0.0361. The Bertz CT molecular complexity index is 1320. The summed E-state index contributed by atoms with van der Waals surface area (Å²) < 4.78 is 17.6. The zero-order valence-electron chi connectivity index (χ0n) is 20.8. The monoisotopic (exact) mass is 535 g/mol. The van der Waals surface area contributed by atoms with Gasteiger partial charge in [-0.2, -0.15) is 0 Å². The van der Waals surface area contributed by atoms with Crippen LogP contribution >= 0.6 is 23.2 Å². The lowest BCUT2D eigenvalue weighted by atomic mass is 9.74. The quantitative estimate of drug-likeness (QED) is 0.493. The number of halogens is 2. The van der Waals surface area contributed by atoms with E-state index in [9.17, 15) is 14.4 Å². The molecule has 1 aliphatic rings. The minimum atomic E-state index is -1.02. The first kappa shape index (κ1) is 27.6. The van der Waals surface area contributed by atoms with Gasteiger partial charge in [-0.1, -0.05) is 35.3 Å². The molecule has 192 valence electrons. The maximum absolute atomic E-state index is 13.5. The van der Waals surface area contributed by atoms with Gasteiger partial charge in [0.15, 0.2) is 0 Å². The van der Waals surface area contributed by atoms with Gasteiger partial charge in [0, 0.05) is 31.9 Å². The number of benzene rings is 1. The van der Waals surface area contributed by atoms with Gasteiger partial charge in [0.25, 0.3) is 5.56 Å². The van der Waals surface area contributed by atoms with Gasteiger partial charge in [-0.15, -0.1) is 0 Å². The van der Waals surface area contributed by atoms with Crippen molar-refractivity contribution >= 4 is 40.9 Å². The molecule has 0 spiro atoms. The summed E-state index contributed by atoms with van der Waals surface area (Å²) in [4.78, 5) is 48.1.